The summed E-state index contributed by atoms with van der Waals surface area (Å²) >= 11 is 0. The molecule has 0 aliphatic carbocycles. The minimum atomic E-state index is 0.679. The largest absolute Gasteiger partial charge is 0.441 e. The van der Waals surface area contributed by atoms with Crippen molar-refractivity contribution in [2.75, 3.05) is 5.73 Å². The number of nitrogens with two attached hydrogens (primary N) is 1. The van der Waals surface area contributed by atoms with Gasteiger partial charge in [0.1, 0.15) is 5.52 Å². The van der Waals surface area contributed by atoms with Crippen LogP contribution in [0.25, 0.3) is 11.1 Å². The van der Waals surface area contributed by atoms with Crippen LogP contribution in [-0.2, 0) is 0 Å². The number of fused-ring (bicyclic) bond motifs is 1. The summed E-state index contributed by atoms with van der Waals surface area (Å²) in [5.74, 6) is 0.679. The number of benzene rings is 1. The van der Waals surface area contributed by atoms with Crippen LogP contribution in [0.4, 0.5) is 5.69 Å². The average molecular weight is 162 g/mol. The molecule has 0 unspecified atom stereocenters. The first-order valence-corrected chi connectivity index (χ1v) is 3.80. The van der Waals surface area contributed by atoms with Gasteiger partial charge >= 0.3 is 0 Å². The van der Waals surface area contributed by atoms with Gasteiger partial charge in [-0.2, -0.15) is 0 Å². The Balaban J connectivity index is 2.89. The zero-order chi connectivity index (χ0) is 8.72. The lowest BCUT2D eigenvalue weighted by Gasteiger charge is -1.96. The summed E-state index contributed by atoms with van der Waals surface area (Å²) in [5, 5.41) is 0. The van der Waals surface area contributed by atoms with E-state index in [4.69, 9.17) is 10.2 Å². The molecule has 3 heteroatoms. The topological polar surface area (TPSA) is 52.0 Å². The molecule has 1 aromatic heterocycles. The van der Waals surface area contributed by atoms with Gasteiger partial charge in [-0.25, -0.2) is 4.98 Å². The highest BCUT2D eigenvalue weighted by Gasteiger charge is 2.06. The highest BCUT2D eigenvalue weighted by molar-refractivity contribution is 5.81. The molecule has 0 aliphatic heterocycles. The smallest absolute Gasteiger partial charge is 0.192 e. The zero-order valence-electron chi connectivity index (χ0n) is 7.09. The summed E-state index contributed by atoms with van der Waals surface area (Å²) in [6, 6.07) is 3.68. The van der Waals surface area contributed by atoms with E-state index in [0.717, 1.165) is 22.4 Å². The first kappa shape index (κ1) is 7.16. The maximum Gasteiger partial charge on any atom is 0.192 e. The van der Waals surface area contributed by atoms with E-state index in [9.17, 15) is 0 Å². The summed E-state index contributed by atoms with van der Waals surface area (Å²) in [7, 11) is 0. The third-order valence-electron chi connectivity index (χ3n) is 1.96. The molecular weight excluding hydrogens is 152 g/mol. The van der Waals surface area contributed by atoms with Crippen LogP contribution < -0.4 is 5.73 Å². The predicted octanol–water partition coefficient (Wildman–Crippen LogP) is 2.03. The Labute approximate surface area is 70.2 Å². The molecule has 3 nitrogen and oxygen atoms in total. The fraction of sp³-hybridized carbons (Fsp3) is 0.222. The summed E-state index contributed by atoms with van der Waals surface area (Å²) in [6.07, 6.45) is 0. The quantitative estimate of drug-likeness (QED) is 0.603. The minimum absolute atomic E-state index is 0.679. The number of aryl methyl sites for hydroxylation is 2. The monoisotopic (exact) mass is 162 g/mol. The van der Waals surface area contributed by atoms with Crippen LogP contribution in [0.1, 0.15) is 11.5 Å². The van der Waals surface area contributed by atoms with Crippen LogP contribution in [0.5, 0.6) is 0 Å². The molecule has 2 N–H and O–H groups in total. The predicted molar refractivity (Wildman–Crippen MR) is 47.9 cm³/mol. The van der Waals surface area contributed by atoms with Crippen LogP contribution in [-0.4, -0.2) is 4.98 Å². The van der Waals surface area contributed by atoms with Crippen molar-refractivity contribution in [2.45, 2.75) is 13.8 Å². The van der Waals surface area contributed by atoms with Gasteiger partial charge in [0, 0.05) is 18.2 Å². The molecule has 0 fully saturated rings. The van der Waals surface area contributed by atoms with Crippen molar-refractivity contribution >= 4 is 16.8 Å². The van der Waals surface area contributed by atoms with Crippen molar-refractivity contribution < 1.29 is 4.42 Å². The van der Waals surface area contributed by atoms with Gasteiger partial charge < -0.3 is 10.2 Å². The summed E-state index contributed by atoms with van der Waals surface area (Å²) < 4.78 is 5.34. The van der Waals surface area contributed by atoms with E-state index in [-0.39, 0.29) is 0 Å². The first-order valence-electron chi connectivity index (χ1n) is 3.80. The van der Waals surface area contributed by atoms with Crippen molar-refractivity contribution in [1.82, 2.24) is 4.98 Å². The number of anilines is 1. The molecule has 1 heterocycles. The van der Waals surface area contributed by atoms with E-state index in [0.29, 0.717) is 5.89 Å². The van der Waals surface area contributed by atoms with Gasteiger partial charge in [0.25, 0.3) is 0 Å². The van der Waals surface area contributed by atoms with E-state index < -0.39 is 0 Å². The lowest BCUT2D eigenvalue weighted by atomic mass is 10.2. The van der Waals surface area contributed by atoms with E-state index in [1.807, 2.05) is 26.0 Å². The van der Waals surface area contributed by atoms with Crippen molar-refractivity contribution in [1.29, 1.82) is 0 Å². The van der Waals surface area contributed by atoms with E-state index in [1.54, 1.807) is 0 Å². The molecule has 2 rings (SSSR count). The molecule has 62 valence electrons. The highest BCUT2D eigenvalue weighted by atomic mass is 16.3. The van der Waals surface area contributed by atoms with Gasteiger partial charge in [0.2, 0.25) is 0 Å². The number of aromatic nitrogens is 1. The van der Waals surface area contributed by atoms with Gasteiger partial charge in [-0.1, -0.05) is 0 Å². The Morgan fingerprint density at radius 2 is 2.08 bits per heavy atom. The van der Waals surface area contributed by atoms with Crippen LogP contribution in [0.3, 0.4) is 0 Å². The lowest BCUT2D eigenvalue weighted by molar-refractivity contribution is 0.561. The summed E-state index contributed by atoms with van der Waals surface area (Å²) in [5.41, 5.74) is 9.14. The van der Waals surface area contributed by atoms with Crippen LogP contribution in [0.2, 0.25) is 0 Å². The Hall–Kier alpha value is -1.51. The van der Waals surface area contributed by atoms with Gasteiger partial charge in [-0.05, 0) is 19.1 Å². The van der Waals surface area contributed by atoms with Crippen LogP contribution in [0.15, 0.2) is 16.5 Å². The van der Waals surface area contributed by atoms with Gasteiger partial charge in [-0.3, -0.25) is 0 Å². The summed E-state index contributed by atoms with van der Waals surface area (Å²) in [6.45, 7) is 3.77. The molecular formula is C9H10N2O. The first-order chi connectivity index (χ1) is 5.68. The Kier molecular flexibility index (Phi) is 1.33. The second-order valence-corrected chi connectivity index (χ2v) is 2.86. The number of nitrogens with zero attached hydrogens (tertiary/aromatic N) is 1. The molecule has 0 saturated carbocycles. The van der Waals surface area contributed by atoms with Gasteiger partial charge in [-0.15, -0.1) is 0 Å². The second kappa shape index (κ2) is 2.24. The molecule has 2 aromatic rings. The Morgan fingerprint density at radius 1 is 1.33 bits per heavy atom. The molecule has 0 bridgehead atoms. The molecule has 0 atom stereocenters. The normalized spacial score (nSPS) is 10.8. The number of oxazole rings is 1. The Bertz CT molecular complexity index is 431. The van der Waals surface area contributed by atoms with Gasteiger partial charge in [0.15, 0.2) is 11.5 Å². The van der Waals surface area contributed by atoms with E-state index in [1.165, 1.54) is 0 Å². The number of nitrogen functional groups attached to an aromatic ring is 1. The van der Waals surface area contributed by atoms with Crippen LogP contribution in [0, 0.1) is 13.8 Å². The molecule has 0 saturated heterocycles. The average Bonchev–Trinajstić information content (AvgIpc) is 2.39. The molecule has 12 heavy (non-hydrogen) atoms. The second-order valence-electron chi connectivity index (χ2n) is 2.86. The number of rotatable bonds is 0. The molecule has 0 amide bonds. The molecule has 0 aliphatic rings. The summed E-state index contributed by atoms with van der Waals surface area (Å²) in [4.78, 5) is 4.23. The maximum absolute atomic E-state index is 5.71. The third-order valence-corrected chi connectivity index (χ3v) is 1.96. The van der Waals surface area contributed by atoms with Crippen molar-refractivity contribution in [3.8, 4) is 0 Å². The minimum Gasteiger partial charge on any atom is -0.441 e. The highest BCUT2D eigenvalue weighted by Crippen LogP contribution is 2.23. The molecule has 0 radical (unpaired) electrons. The van der Waals surface area contributed by atoms with Gasteiger partial charge in [0.05, 0.1) is 0 Å². The van der Waals surface area contributed by atoms with Crippen LogP contribution >= 0.6 is 0 Å². The fourth-order valence-electron chi connectivity index (χ4n) is 1.25. The van der Waals surface area contributed by atoms with E-state index in [2.05, 4.69) is 4.98 Å². The maximum atomic E-state index is 5.71. The molecule has 0 spiro atoms. The number of hydrogen-bond donors (Lipinski definition) is 1. The zero-order valence-corrected chi connectivity index (χ0v) is 7.09. The fourth-order valence-corrected chi connectivity index (χ4v) is 1.25. The third kappa shape index (κ3) is 0.863. The van der Waals surface area contributed by atoms with E-state index >= 15 is 0 Å². The standard InChI is InChI=1S/C9H10N2O/c1-5-7(10)3-4-8-9(5)11-6(2)12-8/h3-4H,10H2,1-2H3. The molecule has 1 aromatic carbocycles. The number of hydrogen-bond acceptors (Lipinski definition) is 3. The van der Waals surface area contributed by atoms with Crippen molar-refractivity contribution in [2.24, 2.45) is 0 Å². The SMILES string of the molecule is Cc1nc2c(C)c(N)ccc2o1. The lowest BCUT2D eigenvalue weighted by Crippen LogP contribution is -1.89. The van der Waals surface area contributed by atoms with Crippen molar-refractivity contribution in [3.05, 3.63) is 23.6 Å². The Morgan fingerprint density at radius 3 is 2.83 bits per heavy atom. The van der Waals surface area contributed by atoms with Crippen molar-refractivity contribution in [3.63, 3.8) is 0 Å².